The predicted molar refractivity (Wildman–Crippen MR) is 61.3 cm³/mol. The van der Waals surface area contributed by atoms with Crippen LogP contribution < -0.4 is 0 Å². The van der Waals surface area contributed by atoms with E-state index >= 15 is 0 Å². The third kappa shape index (κ3) is 2.52. The molecule has 0 aromatic carbocycles. The second-order valence-corrected chi connectivity index (χ2v) is 4.64. The Kier molecular flexibility index (Phi) is 2.98. The number of halogens is 1. The lowest BCUT2D eigenvalue weighted by atomic mass is 10.5. The van der Waals surface area contributed by atoms with E-state index in [1.54, 1.807) is 18.0 Å². The molecule has 2 aromatic heterocycles. The number of pyridine rings is 1. The Labute approximate surface area is 97.5 Å². The van der Waals surface area contributed by atoms with E-state index in [1.807, 2.05) is 36.9 Å². The second-order valence-electron chi connectivity index (χ2n) is 3.16. The molecule has 0 bridgehead atoms. The van der Waals surface area contributed by atoms with Crippen LogP contribution in [0.5, 0.6) is 0 Å². The maximum atomic E-state index is 5.81. The van der Waals surface area contributed by atoms with Crippen LogP contribution in [0, 0.1) is 6.92 Å². The monoisotopic (exact) mass is 239 g/mol. The Balaban J connectivity index is 2.25. The first-order chi connectivity index (χ1) is 7.15. The Morgan fingerprint density at radius 1 is 1.40 bits per heavy atom. The molecular formula is C10H10ClN3S. The van der Waals surface area contributed by atoms with Crippen LogP contribution in [0.2, 0.25) is 5.15 Å². The largest absolute Gasteiger partial charge is 0.262 e. The standard InChI is InChI=1S/C10H10ClN3S/c1-7-5-10(14(2)13-7)15-8-3-4-12-9(11)6-8/h3-6H,1-2H3. The Morgan fingerprint density at radius 3 is 2.80 bits per heavy atom. The van der Waals surface area contributed by atoms with E-state index in [2.05, 4.69) is 10.1 Å². The minimum Gasteiger partial charge on any atom is -0.262 e. The molecule has 0 saturated carbocycles. The number of rotatable bonds is 2. The molecule has 2 rings (SSSR count). The third-order valence-electron chi connectivity index (χ3n) is 1.88. The van der Waals surface area contributed by atoms with Gasteiger partial charge in [0.25, 0.3) is 0 Å². The normalized spacial score (nSPS) is 10.6. The van der Waals surface area contributed by atoms with E-state index < -0.39 is 0 Å². The van der Waals surface area contributed by atoms with Gasteiger partial charge in [-0.1, -0.05) is 23.4 Å². The number of hydrogen-bond acceptors (Lipinski definition) is 3. The summed E-state index contributed by atoms with van der Waals surface area (Å²) in [5.74, 6) is 0. The quantitative estimate of drug-likeness (QED) is 0.755. The van der Waals surface area contributed by atoms with E-state index in [1.165, 1.54) is 0 Å². The lowest BCUT2D eigenvalue weighted by Crippen LogP contribution is -1.92. The van der Waals surface area contributed by atoms with Gasteiger partial charge >= 0.3 is 0 Å². The van der Waals surface area contributed by atoms with Crippen LogP contribution in [0.25, 0.3) is 0 Å². The molecule has 0 aliphatic carbocycles. The van der Waals surface area contributed by atoms with Crippen molar-refractivity contribution in [3.63, 3.8) is 0 Å². The molecule has 0 aliphatic rings. The minimum absolute atomic E-state index is 0.513. The molecule has 0 radical (unpaired) electrons. The van der Waals surface area contributed by atoms with Crippen LogP contribution in [-0.2, 0) is 7.05 Å². The third-order valence-corrected chi connectivity index (χ3v) is 3.17. The van der Waals surface area contributed by atoms with Crippen molar-refractivity contribution in [1.82, 2.24) is 14.8 Å². The molecule has 0 spiro atoms. The average molecular weight is 240 g/mol. The average Bonchev–Trinajstić information content (AvgIpc) is 2.45. The summed E-state index contributed by atoms with van der Waals surface area (Å²) in [6.45, 7) is 1.98. The van der Waals surface area contributed by atoms with Crippen molar-refractivity contribution in [2.24, 2.45) is 7.05 Å². The van der Waals surface area contributed by atoms with Gasteiger partial charge in [-0.25, -0.2) is 4.98 Å². The Bertz CT molecular complexity index is 481. The highest BCUT2D eigenvalue weighted by Crippen LogP contribution is 2.28. The molecule has 0 aliphatic heterocycles. The molecular weight excluding hydrogens is 230 g/mol. The fraction of sp³-hybridized carbons (Fsp3) is 0.200. The van der Waals surface area contributed by atoms with Crippen LogP contribution in [-0.4, -0.2) is 14.8 Å². The number of hydrogen-bond donors (Lipinski definition) is 0. The van der Waals surface area contributed by atoms with Gasteiger partial charge in [0.15, 0.2) is 0 Å². The fourth-order valence-corrected chi connectivity index (χ4v) is 2.43. The zero-order valence-corrected chi connectivity index (χ0v) is 10.0. The van der Waals surface area contributed by atoms with Crippen molar-refractivity contribution in [2.45, 2.75) is 16.8 Å². The van der Waals surface area contributed by atoms with Gasteiger partial charge in [-0.05, 0) is 25.1 Å². The zero-order valence-electron chi connectivity index (χ0n) is 8.44. The maximum absolute atomic E-state index is 5.81. The molecule has 3 nitrogen and oxygen atoms in total. The minimum atomic E-state index is 0.513. The number of aryl methyl sites for hydroxylation is 2. The van der Waals surface area contributed by atoms with Gasteiger partial charge in [-0.2, -0.15) is 5.10 Å². The molecule has 0 N–H and O–H groups in total. The highest BCUT2D eigenvalue weighted by atomic mass is 35.5. The summed E-state index contributed by atoms with van der Waals surface area (Å²) < 4.78 is 1.86. The Hall–Kier alpha value is -1.00. The number of aromatic nitrogens is 3. The molecule has 0 unspecified atom stereocenters. The topological polar surface area (TPSA) is 30.7 Å². The summed E-state index contributed by atoms with van der Waals surface area (Å²) in [7, 11) is 1.93. The van der Waals surface area contributed by atoms with E-state index in [0.717, 1.165) is 15.6 Å². The van der Waals surface area contributed by atoms with Gasteiger partial charge in [-0.3, -0.25) is 4.68 Å². The molecule has 0 atom stereocenters. The van der Waals surface area contributed by atoms with Crippen LogP contribution in [0.3, 0.4) is 0 Å². The van der Waals surface area contributed by atoms with Crippen LogP contribution >= 0.6 is 23.4 Å². The van der Waals surface area contributed by atoms with E-state index in [0.29, 0.717) is 5.15 Å². The summed E-state index contributed by atoms with van der Waals surface area (Å²) in [5, 5.41) is 5.88. The summed E-state index contributed by atoms with van der Waals surface area (Å²) in [5.41, 5.74) is 1.01. The summed E-state index contributed by atoms with van der Waals surface area (Å²) in [6, 6.07) is 5.81. The van der Waals surface area contributed by atoms with Crippen molar-refractivity contribution in [3.8, 4) is 0 Å². The van der Waals surface area contributed by atoms with Gasteiger partial charge < -0.3 is 0 Å². The zero-order chi connectivity index (χ0) is 10.8. The van der Waals surface area contributed by atoms with E-state index in [4.69, 9.17) is 11.6 Å². The predicted octanol–water partition coefficient (Wildman–Crippen LogP) is 2.93. The van der Waals surface area contributed by atoms with Crippen molar-refractivity contribution in [3.05, 3.63) is 35.2 Å². The molecule has 2 heterocycles. The first kappa shape index (κ1) is 10.5. The van der Waals surface area contributed by atoms with Crippen molar-refractivity contribution < 1.29 is 0 Å². The SMILES string of the molecule is Cc1cc(Sc2ccnc(Cl)c2)n(C)n1. The fourth-order valence-electron chi connectivity index (χ4n) is 1.25. The van der Waals surface area contributed by atoms with Crippen molar-refractivity contribution in [2.75, 3.05) is 0 Å². The highest BCUT2D eigenvalue weighted by molar-refractivity contribution is 7.99. The molecule has 78 valence electrons. The summed E-state index contributed by atoms with van der Waals surface area (Å²) >= 11 is 7.43. The molecule has 15 heavy (non-hydrogen) atoms. The molecule has 5 heteroatoms. The van der Waals surface area contributed by atoms with Gasteiger partial charge in [0, 0.05) is 18.1 Å². The summed E-state index contributed by atoms with van der Waals surface area (Å²) in [4.78, 5) is 5.01. The Morgan fingerprint density at radius 2 is 2.20 bits per heavy atom. The first-order valence-electron chi connectivity index (χ1n) is 4.45. The van der Waals surface area contributed by atoms with Crippen LogP contribution in [0.4, 0.5) is 0 Å². The lowest BCUT2D eigenvalue weighted by molar-refractivity contribution is 0.692. The van der Waals surface area contributed by atoms with E-state index in [-0.39, 0.29) is 0 Å². The molecule has 0 saturated heterocycles. The smallest absolute Gasteiger partial charge is 0.130 e. The molecule has 0 amide bonds. The number of nitrogens with zero attached hydrogens (tertiary/aromatic N) is 3. The maximum Gasteiger partial charge on any atom is 0.130 e. The van der Waals surface area contributed by atoms with Crippen LogP contribution in [0.1, 0.15) is 5.69 Å². The van der Waals surface area contributed by atoms with Crippen molar-refractivity contribution >= 4 is 23.4 Å². The second kappa shape index (κ2) is 4.24. The van der Waals surface area contributed by atoms with Crippen molar-refractivity contribution in [1.29, 1.82) is 0 Å². The highest BCUT2D eigenvalue weighted by Gasteiger charge is 2.04. The molecule has 2 aromatic rings. The van der Waals surface area contributed by atoms with Gasteiger partial charge in [0.2, 0.25) is 0 Å². The lowest BCUT2D eigenvalue weighted by Gasteiger charge is -2.01. The van der Waals surface area contributed by atoms with E-state index in [9.17, 15) is 0 Å². The van der Waals surface area contributed by atoms with Crippen LogP contribution in [0.15, 0.2) is 34.3 Å². The summed E-state index contributed by atoms with van der Waals surface area (Å²) in [6.07, 6.45) is 1.70. The van der Waals surface area contributed by atoms with Gasteiger partial charge in [-0.15, -0.1) is 0 Å². The molecule has 0 fully saturated rings. The van der Waals surface area contributed by atoms with Gasteiger partial charge in [0.1, 0.15) is 5.15 Å². The van der Waals surface area contributed by atoms with Gasteiger partial charge in [0.05, 0.1) is 10.7 Å². The first-order valence-corrected chi connectivity index (χ1v) is 5.64.